The maximum absolute atomic E-state index is 2.83. The van der Waals surface area contributed by atoms with Crippen LogP contribution in [0.4, 0.5) is 11.4 Å². The first-order valence-corrected chi connectivity index (χ1v) is 27.9. The van der Waals surface area contributed by atoms with Crippen molar-refractivity contribution in [3.8, 4) is 16.8 Å². The van der Waals surface area contributed by atoms with Gasteiger partial charge in [-0.25, -0.2) is 0 Å². The zero-order chi connectivity index (χ0) is 45.4. The van der Waals surface area contributed by atoms with Gasteiger partial charge < -0.3 is 9.38 Å². The number of thiophene rings is 1. The topological polar surface area (TPSA) is 8.17 Å². The predicted octanol–water partition coefficient (Wildman–Crippen LogP) is 16.1. The summed E-state index contributed by atoms with van der Waals surface area (Å²) >= 11 is 1.97. The Bertz CT molecular complexity index is 3690. The van der Waals surface area contributed by atoms with E-state index in [-0.39, 0.29) is 17.7 Å². The van der Waals surface area contributed by atoms with Crippen LogP contribution in [0.2, 0.25) is 0 Å². The minimum Gasteiger partial charge on any atom is -0.376 e. The lowest BCUT2D eigenvalue weighted by Crippen LogP contribution is -2.61. The van der Waals surface area contributed by atoms with Crippen molar-refractivity contribution in [2.24, 2.45) is 35.5 Å². The van der Waals surface area contributed by atoms with Gasteiger partial charge in [-0.2, -0.15) is 0 Å². The van der Waals surface area contributed by atoms with Crippen LogP contribution in [0.1, 0.15) is 120 Å². The van der Waals surface area contributed by atoms with Gasteiger partial charge in [-0.1, -0.05) is 75.4 Å². The van der Waals surface area contributed by atoms with E-state index in [4.69, 9.17) is 0 Å². The molecule has 2 aromatic heterocycles. The van der Waals surface area contributed by atoms with E-state index >= 15 is 0 Å². The molecule has 0 saturated heterocycles. The molecule has 8 fully saturated rings. The van der Waals surface area contributed by atoms with Gasteiger partial charge in [0.05, 0.1) is 11.0 Å². The average molecular weight is 913 g/mol. The van der Waals surface area contributed by atoms with Crippen molar-refractivity contribution >= 4 is 93.2 Å². The molecule has 10 aliphatic rings. The highest BCUT2D eigenvalue weighted by Gasteiger charge is 2.54. The summed E-state index contributed by atoms with van der Waals surface area (Å²) in [5, 5.41) is 8.42. The van der Waals surface area contributed by atoms with Gasteiger partial charge in [0.15, 0.2) is 0 Å². The zero-order valence-corrected chi connectivity index (χ0v) is 41.6. The first kappa shape index (κ1) is 39.4. The Kier molecular flexibility index (Phi) is 7.51. The average Bonchev–Trinajstić information content (AvgIpc) is 3.84. The van der Waals surface area contributed by atoms with Crippen LogP contribution in [0.3, 0.4) is 0 Å². The lowest BCUT2D eigenvalue weighted by Gasteiger charge is -2.57. The third-order valence-corrected chi connectivity index (χ3v) is 21.7. The smallest absolute Gasteiger partial charge is 0.333 e. The molecule has 8 bridgehead atoms. The monoisotopic (exact) mass is 912 g/mol. The van der Waals surface area contributed by atoms with Crippen molar-refractivity contribution in [2.45, 2.75) is 121 Å². The summed E-state index contributed by atoms with van der Waals surface area (Å²) in [6.07, 6.45) is 17.2. The molecule has 2 aliphatic heterocycles. The Morgan fingerprint density at radius 3 is 1.78 bits per heavy atom. The summed E-state index contributed by atoms with van der Waals surface area (Å²) in [6, 6.07) is 47.6. The van der Waals surface area contributed by atoms with E-state index < -0.39 is 0 Å². The Balaban J connectivity index is 0.974. The van der Waals surface area contributed by atoms with Crippen LogP contribution in [0.25, 0.3) is 69.6 Å². The SMILES string of the molecule is Cc1cc2c3c(c1)-n1c4ccc(C56CC7CC(CC(C7)C5)C6)cc4c4cc(C56CC7CC(CC(C7)C5)C6)cc(c41)B3N(c1ccc(C(C)(C)C)cc1)c1cc3sc4cc5ccccc5cc4c3cc1-2. The summed E-state index contributed by atoms with van der Waals surface area (Å²) < 4.78 is 5.53. The summed E-state index contributed by atoms with van der Waals surface area (Å²) in [7, 11) is 0. The molecule has 7 aromatic carbocycles. The van der Waals surface area contributed by atoms with E-state index in [9.17, 15) is 0 Å². The number of nitrogens with zero attached hydrogens (tertiary/aromatic N) is 2. The molecule has 8 aliphatic carbocycles. The van der Waals surface area contributed by atoms with Gasteiger partial charge in [-0.05, 0) is 246 Å². The van der Waals surface area contributed by atoms with E-state index in [0.29, 0.717) is 5.41 Å². The lowest BCUT2D eigenvalue weighted by atomic mass is 9.42. The molecule has 4 heteroatoms. The standard InChI is InChI=1S/C65H61BN2S/c1-36-15-53-50-28-52-51-23-43-7-5-6-8-44(43)24-59(51)69-60(52)29-57(50)68(48-12-9-45(10-13-48)63(2,3)4)66-55-27-47(65-33-40-20-41(34-65)22-42(21-40)35-65)26-54-49-25-46(64-30-37-17-38(31-64)19-39(18-37)32-64)11-14-56(49)67(62(54)55)58(16-36)61(53)66/h5-16,23-29,37-42H,17-22,30-35H2,1-4H3. The van der Waals surface area contributed by atoms with Crippen LogP contribution >= 0.6 is 11.3 Å². The molecule has 4 heterocycles. The fraction of sp³-hybridized carbons (Fsp3) is 0.385. The first-order valence-electron chi connectivity index (χ1n) is 27.1. The van der Waals surface area contributed by atoms with Gasteiger partial charge in [0, 0.05) is 53.6 Å². The number of hydrogen-bond donors (Lipinski definition) is 0. The van der Waals surface area contributed by atoms with Gasteiger partial charge in [0.25, 0.3) is 0 Å². The second-order valence-corrected chi connectivity index (χ2v) is 27.0. The summed E-state index contributed by atoms with van der Waals surface area (Å²) in [5.41, 5.74) is 19.4. The quantitative estimate of drug-likeness (QED) is 0.160. The molecule has 0 atom stereocenters. The normalized spacial score (nSPS) is 29.1. The van der Waals surface area contributed by atoms with Gasteiger partial charge >= 0.3 is 6.85 Å². The molecule has 9 aromatic rings. The molecule has 19 rings (SSSR count). The number of aromatic nitrogens is 1. The van der Waals surface area contributed by atoms with Gasteiger partial charge in [0.1, 0.15) is 0 Å². The minimum atomic E-state index is 0.0359. The molecule has 0 radical (unpaired) electrons. The summed E-state index contributed by atoms with van der Waals surface area (Å²) in [5.74, 6) is 5.46. The van der Waals surface area contributed by atoms with E-state index in [1.54, 1.807) is 11.1 Å². The first-order chi connectivity index (χ1) is 33.5. The second-order valence-electron chi connectivity index (χ2n) is 25.9. The van der Waals surface area contributed by atoms with E-state index in [2.05, 4.69) is 152 Å². The molecule has 0 N–H and O–H groups in total. The Morgan fingerprint density at radius 1 is 0.536 bits per heavy atom. The van der Waals surface area contributed by atoms with E-state index in [1.807, 2.05) is 11.3 Å². The van der Waals surface area contributed by atoms with Crippen molar-refractivity contribution in [2.75, 3.05) is 4.81 Å². The lowest BCUT2D eigenvalue weighted by molar-refractivity contribution is -0.00526. The van der Waals surface area contributed by atoms with E-state index in [0.717, 1.165) is 35.5 Å². The molecule has 340 valence electrons. The molecular weight excluding hydrogens is 852 g/mol. The fourth-order valence-corrected chi connectivity index (χ4v) is 19.7. The number of benzene rings is 7. The van der Waals surface area contributed by atoms with Crippen LogP contribution in [0.5, 0.6) is 0 Å². The molecule has 0 spiro atoms. The van der Waals surface area contributed by atoms with Crippen LogP contribution in [-0.4, -0.2) is 11.4 Å². The molecule has 0 unspecified atom stereocenters. The fourth-order valence-electron chi connectivity index (χ4n) is 18.6. The van der Waals surface area contributed by atoms with Crippen molar-refractivity contribution < 1.29 is 0 Å². The van der Waals surface area contributed by atoms with Crippen LogP contribution < -0.4 is 15.7 Å². The highest BCUT2D eigenvalue weighted by atomic mass is 32.1. The van der Waals surface area contributed by atoms with Gasteiger partial charge in [-0.15, -0.1) is 11.3 Å². The number of hydrogen-bond acceptors (Lipinski definition) is 2. The third-order valence-electron chi connectivity index (χ3n) is 20.6. The number of aryl methyl sites for hydroxylation is 1. The number of fused-ring (bicyclic) bond motifs is 11. The van der Waals surface area contributed by atoms with Crippen LogP contribution in [0, 0.1) is 42.4 Å². The van der Waals surface area contributed by atoms with E-state index in [1.165, 1.54) is 180 Å². The maximum Gasteiger partial charge on any atom is 0.333 e. The Morgan fingerprint density at radius 2 is 1.13 bits per heavy atom. The Labute approximate surface area is 411 Å². The molecule has 8 saturated carbocycles. The number of rotatable bonds is 3. The summed E-state index contributed by atoms with van der Waals surface area (Å²) in [6.45, 7) is 9.45. The van der Waals surface area contributed by atoms with Crippen molar-refractivity contribution in [3.63, 3.8) is 0 Å². The maximum atomic E-state index is 2.83. The molecular formula is C65H61BN2S. The third kappa shape index (κ3) is 5.30. The predicted molar refractivity (Wildman–Crippen MR) is 293 cm³/mol. The molecule has 2 nitrogen and oxygen atoms in total. The van der Waals surface area contributed by atoms with Crippen molar-refractivity contribution in [3.05, 3.63) is 138 Å². The Hall–Kier alpha value is -5.32. The highest BCUT2D eigenvalue weighted by molar-refractivity contribution is 7.26. The zero-order valence-electron chi connectivity index (χ0n) is 40.8. The molecule has 0 amide bonds. The van der Waals surface area contributed by atoms with Crippen LogP contribution in [-0.2, 0) is 16.2 Å². The minimum absolute atomic E-state index is 0.0359. The summed E-state index contributed by atoms with van der Waals surface area (Å²) in [4.78, 5) is 2.82. The second kappa shape index (κ2) is 13.1. The van der Waals surface area contributed by atoms with Gasteiger partial charge in [0.2, 0.25) is 0 Å². The highest BCUT2D eigenvalue weighted by Crippen LogP contribution is 2.63. The van der Waals surface area contributed by atoms with Crippen LogP contribution in [0.15, 0.2) is 115 Å². The number of anilines is 2. The largest absolute Gasteiger partial charge is 0.376 e. The van der Waals surface area contributed by atoms with Gasteiger partial charge in [-0.3, -0.25) is 0 Å². The van der Waals surface area contributed by atoms with Crippen molar-refractivity contribution in [1.82, 2.24) is 4.57 Å². The molecule has 69 heavy (non-hydrogen) atoms. The van der Waals surface area contributed by atoms with Crippen molar-refractivity contribution in [1.29, 1.82) is 0 Å².